The summed E-state index contributed by atoms with van der Waals surface area (Å²) in [5.74, 6) is 2.52. The number of carbonyl (C=O) groups is 2. The Bertz CT molecular complexity index is 1210. The number of esters is 2. The Morgan fingerprint density at radius 1 is 0.773 bits per heavy atom. The van der Waals surface area contributed by atoms with Crippen LogP contribution in [0.25, 0.3) is 0 Å². The molecule has 2 aromatic rings. The number of hydrogen-bond acceptors (Lipinski definition) is 9. The number of fused-ring (bicyclic) bond motifs is 6. The van der Waals surface area contributed by atoms with Gasteiger partial charge in [-0.1, -0.05) is 43.3 Å². The van der Waals surface area contributed by atoms with E-state index in [1.54, 1.807) is 0 Å². The molecule has 3 N–H and O–H groups in total. The van der Waals surface area contributed by atoms with Crippen molar-refractivity contribution < 1.29 is 43.9 Å². The fraction of sp³-hybridized carbons (Fsp3) is 0.600. The van der Waals surface area contributed by atoms with E-state index in [-0.39, 0.29) is 55.1 Å². The van der Waals surface area contributed by atoms with Gasteiger partial charge in [0.15, 0.2) is 0 Å². The van der Waals surface area contributed by atoms with Gasteiger partial charge in [-0.2, -0.15) is 0 Å². The van der Waals surface area contributed by atoms with Gasteiger partial charge in [0.05, 0.1) is 20.3 Å². The van der Waals surface area contributed by atoms with Gasteiger partial charge in [-0.25, -0.2) is 0 Å². The van der Waals surface area contributed by atoms with E-state index in [9.17, 15) is 24.9 Å². The molecule has 0 amide bonds. The van der Waals surface area contributed by atoms with E-state index in [1.165, 1.54) is 25.3 Å². The van der Waals surface area contributed by atoms with Crippen LogP contribution in [0.4, 0.5) is 0 Å². The van der Waals surface area contributed by atoms with Crippen LogP contribution in [0, 0.1) is 17.8 Å². The second kappa shape index (κ2) is 14.3. The summed E-state index contributed by atoms with van der Waals surface area (Å²) in [6, 6.07) is 12.3. The number of methoxy groups -OCH3 is 2. The minimum absolute atomic E-state index is 0.0301. The molecule has 2 saturated carbocycles. The molecule has 0 bridgehead atoms. The summed E-state index contributed by atoms with van der Waals surface area (Å²) in [7, 11) is 2.82. The number of hydrogen-bond donors (Lipinski definition) is 3. The Labute approximate surface area is 259 Å². The predicted octanol–water partition coefficient (Wildman–Crippen LogP) is 4.08. The van der Waals surface area contributed by atoms with Crippen LogP contribution in [0.2, 0.25) is 0 Å². The molecule has 8 atom stereocenters. The fourth-order valence-corrected chi connectivity index (χ4v) is 7.79. The van der Waals surface area contributed by atoms with E-state index in [2.05, 4.69) is 34.6 Å². The first-order valence-electron chi connectivity index (χ1n) is 15.9. The topological polar surface area (TPSA) is 132 Å². The van der Waals surface area contributed by atoms with Crippen molar-refractivity contribution in [2.45, 2.75) is 88.4 Å². The summed E-state index contributed by atoms with van der Waals surface area (Å²) in [6.07, 6.45) is 5.09. The maximum atomic E-state index is 11.2. The Morgan fingerprint density at radius 3 is 1.73 bits per heavy atom. The lowest BCUT2D eigenvalue weighted by atomic mass is 9.85. The Balaban J connectivity index is 0.000000175. The molecule has 2 aliphatic carbocycles. The summed E-state index contributed by atoms with van der Waals surface area (Å²) < 4.78 is 21.6. The second-order valence-corrected chi connectivity index (χ2v) is 12.6. The van der Waals surface area contributed by atoms with Gasteiger partial charge in [0.2, 0.25) is 0 Å². The largest absolute Gasteiger partial charge is 0.489 e. The van der Waals surface area contributed by atoms with Crippen LogP contribution in [-0.2, 0) is 31.9 Å². The lowest BCUT2D eigenvalue weighted by Crippen LogP contribution is -2.22. The van der Waals surface area contributed by atoms with Crippen molar-refractivity contribution in [1.29, 1.82) is 0 Å². The average molecular weight is 611 g/mol. The molecule has 9 heteroatoms. The average Bonchev–Trinajstić information content (AvgIpc) is 3.74. The van der Waals surface area contributed by atoms with Gasteiger partial charge in [-0.05, 0) is 55.1 Å². The van der Waals surface area contributed by atoms with Crippen LogP contribution in [0.15, 0.2) is 36.4 Å². The minimum Gasteiger partial charge on any atom is -0.489 e. The smallest absolute Gasteiger partial charge is 0.305 e. The molecule has 6 rings (SSSR count). The van der Waals surface area contributed by atoms with Gasteiger partial charge >= 0.3 is 11.9 Å². The zero-order valence-corrected chi connectivity index (χ0v) is 25.9. The molecular weight excluding hydrogens is 564 g/mol. The number of aliphatic hydroxyl groups is 3. The van der Waals surface area contributed by atoms with Crippen molar-refractivity contribution in [2.24, 2.45) is 17.8 Å². The number of carbonyl (C=O) groups excluding carboxylic acids is 2. The molecule has 2 aliphatic heterocycles. The van der Waals surface area contributed by atoms with Gasteiger partial charge < -0.3 is 34.3 Å². The van der Waals surface area contributed by atoms with Crippen LogP contribution in [0.1, 0.15) is 79.5 Å². The third-order valence-corrected chi connectivity index (χ3v) is 10.1. The van der Waals surface area contributed by atoms with Crippen molar-refractivity contribution in [3.8, 4) is 11.5 Å². The zero-order chi connectivity index (χ0) is 31.4. The zero-order valence-electron chi connectivity index (χ0n) is 25.9. The molecule has 240 valence electrons. The molecule has 2 heterocycles. The molecule has 9 nitrogen and oxygen atoms in total. The molecule has 2 fully saturated rings. The molecule has 2 aromatic carbocycles. The van der Waals surface area contributed by atoms with Crippen molar-refractivity contribution in [2.75, 3.05) is 27.4 Å². The number of aryl methyl sites for hydroxylation is 2. The highest BCUT2D eigenvalue weighted by Crippen LogP contribution is 2.53. The maximum absolute atomic E-state index is 11.2. The van der Waals surface area contributed by atoms with E-state index in [0.717, 1.165) is 48.3 Å². The third kappa shape index (κ3) is 6.46. The van der Waals surface area contributed by atoms with Gasteiger partial charge in [0, 0.05) is 61.4 Å². The van der Waals surface area contributed by atoms with Crippen molar-refractivity contribution in [3.05, 3.63) is 58.7 Å². The molecular formula is C35H46O9. The second-order valence-electron chi connectivity index (χ2n) is 12.6. The predicted molar refractivity (Wildman–Crippen MR) is 163 cm³/mol. The lowest BCUT2D eigenvalue weighted by molar-refractivity contribution is -0.141. The van der Waals surface area contributed by atoms with E-state index in [1.807, 2.05) is 18.2 Å². The standard InChI is InChI=1S/C18H24O4.C17H22O5/c1-11-9-15-17(14(11)10-19)13-7-3-5-12(18(13)22-15)6-4-8-16(20)21-2;1-21-15(20)7-3-5-10-4-2-6-11-16-12(9-18)13(19)8-14(16)22-17(10)11/h3,5,7,11,14-15,17,19H,4,6,8-10H2,1-2H3;2,4,6,12-14,16,18-19H,3,5,7-9H2,1H3/t11-,14+,15+,17-;12-,13+,14-,16+/m10/s1. The first-order valence-corrected chi connectivity index (χ1v) is 15.9. The van der Waals surface area contributed by atoms with Gasteiger partial charge in [-0.3, -0.25) is 9.59 Å². The first kappa shape index (κ1) is 32.3. The van der Waals surface area contributed by atoms with Crippen LogP contribution >= 0.6 is 0 Å². The summed E-state index contributed by atoms with van der Waals surface area (Å²) in [4.78, 5) is 22.4. The van der Waals surface area contributed by atoms with Gasteiger partial charge in [0.1, 0.15) is 23.7 Å². The van der Waals surface area contributed by atoms with E-state index < -0.39 is 6.10 Å². The number of para-hydroxylation sites is 2. The summed E-state index contributed by atoms with van der Waals surface area (Å²) in [5.41, 5.74) is 4.57. The highest BCUT2D eigenvalue weighted by atomic mass is 16.5. The van der Waals surface area contributed by atoms with E-state index >= 15 is 0 Å². The monoisotopic (exact) mass is 610 g/mol. The minimum atomic E-state index is -0.504. The van der Waals surface area contributed by atoms with Crippen molar-refractivity contribution in [1.82, 2.24) is 0 Å². The molecule has 0 spiro atoms. The fourth-order valence-electron chi connectivity index (χ4n) is 7.79. The summed E-state index contributed by atoms with van der Waals surface area (Å²) in [5, 5.41) is 29.3. The molecule has 0 aromatic heterocycles. The van der Waals surface area contributed by atoms with Crippen LogP contribution in [-0.4, -0.2) is 73.0 Å². The molecule has 0 unspecified atom stereocenters. The Kier molecular flexibility index (Phi) is 10.5. The van der Waals surface area contributed by atoms with Gasteiger partial charge in [-0.15, -0.1) is 0 Å². The molecule has 0 saturated heterocycles. The van der Waals surface area contributed by atoms with E-state index in [4.69, 9.17) is 9.47 Å². The normalized spacial score (nSPS) is 28.9. The Hall–Kier alpha value is -3.14. The maximum Gasteiger partial charge on any atom is 0.305 e. The quantitative estimate of drug-likeness (QED) is 0.341. The number of rotatable bonds is 10. The first-order chi connectivity index (χ1) is 21.3. The Morgan fingerprint density at radius 2 is 1.25 bits per heavy atom. The van der Waals surface area contributed by atoms with Crippen LogP contribution in [0.5, 0.6) is 11.5 Å². The number of benzene rings is 2. The van der Waals surface area contributed by atoms with Gasteiger partial charge in [0.25, 0.3) is 0 Å². The van der Waals surface area contributed by atoms with Crippen LogP contribution < -0.4 is 9.47 Å². The van der Waals surface area contributed by atoms with E-state index in [0.29, 0.717) is 37.5 Å². The lowest BCUT2D eigenvalue weighted by Gasteiger charge is -2.18. The number of aliphatic hydroxyl groups excluding tert-OH is 3. The third-order valence-electron chi connectivity index (χ3n) is 10.1. The van der Waals surface area contributed by atoms with Crippen LogP contribution in [0.3, 0.4) is 0 Å². The summed E-state index contributed by atoms with van der Waals surface area (Å²) >= 11 is 0. The highest BCUT2D eigenvalue weighted by Gasteiger charge is 2.50. The van der Waals surface area contributed by atoms with Crippen molar-refractivity contribution in [3.63, 3.8) is 0 Å². The summed E-state index contributed by atoms with van der Waals surface area (Å²) in [6.45, 7) is 2.39. The molecule has 4 aliphatic rings. The molecule has 44 heavy (non-hydrogen) atoms. The highest BCUT2D eigenvalue weighted by molar-refractivity contribution is 5.69. The van der Waals surface area contributed by atoms with Crippen molar-refractivity contribution >= 4 is 11.9 Å². The SMILES string of the molecule is COC(=O)CCCc1cccc2c1O[C@H]1C[C@@H](C)[C@H](CO)[C@@H]21.COC(=O)CCCc1cccc2c1O[C@H]1C[C@@H](O)[C@H](CO)[C@@H]21. The number of ether oxygens (including phenoxy) is 4. The molecule has 0 radical (unpaired) electrons.